The van der Waals surface area contributed by atoms with Crippen molar-refractivity contribution in [2.24, 2.45) is 5.73 Å². The molecule has 3 heteroatoms. The predicted molar refractivity (Wildman–Crippen MR) is 35.9 cm³/mol. The van der Waals surface area contributed by atoms with Gasteiger partial charge in [-0.3, -0.25) is 5.41 Å². The van der Waals surface area contributed by atoms with E-state index in [1.807, 2.05) is 6.92 Å². The van der Waals surface area contributed by atoms with Gasteiger partial charge < -0.3 is 10.5 Å². The zero-order valence-corrected chi connectivity index (χ0v) is 5.40. The molecule has 0 unspecified atom stereocenters. The first-order valence-electron chi connectivity index (χ1n) is 2.70. The Bertz CT molecular complexity index is 143. The van der Waals surface area contributed by atoms with Gasteiger partial charge in [-0.1, -0.05) is 12.8 Å². The maximum atomic E-state index is 6.62. The second kappa shape index (κ2) is 4.98. The average molecular weight is 126 g/mol. The molecule has 0 aliphatic heterocycles. The molecule has 0 spiro atoms. The second-order valence-corrected chi connectivity index (χ2v) is 1.36. The van der Waals surface area contributed by atoms with Gasteiger partial charge in [-0.2, -0.15) is 0 Å². The molecule has 0 saturated heterocycles. The fraction of sp³-hybridized carbons (Fsp3) is 0.500. The highest BCUT2D eigenvalue weighted by atomic mass is 16.5. The fourth-order valence-corrected chi connectivity index (χ4v) is 0.290. The van der Waals surface area contributed by atoms with Crippen molar-refractivity contribution in [3.05, 3.63) is 0 Å². The van der Waals surface area contributed by atoms with Gasteiger partial charge in [0.1, 0.15) is 0 Å². The van der Waals surface area contributed by atoms with E-state index in [1.54, 1.807) is 0 Å². The van der Waals surface area contributed by atoms with Crippen LogP contribution in [-0.4, -0.2) is 12.6 Å². The van der Waals surface area contributed by atoms with Crippen molar-refractivity contribution in [2.45, 2.75) is 13.3 Å². The number of nitrogens with one attached hydrogen (secondary N) is 1. The van der Waals surface area contributed by atoms with Gasteiger partial charge in [-0.15, -0.1) is 5.92 Å². The summed E-state index contributed by atoms with van der Waals surface area (Å²) in [6.07, 6.45) is 0.807. The predicted octanol–water partition coefficient (Wildman–Crippen LogP) is 0.310. The number of rotatable bonds is 1. The monoisotopic (exact) mass is 126 g/mol. The highest BCUT2D eigenvalue weighted by Gasteiger charge is 1.80. The zero-order valence-electron chi connectivity index (χ0n) is 5.40. The Morgan fingerprint density at radius 1 is 1.67 bits per heavy atom. The molecule has 0 aromatic heterocycles. The Hall–Kier alpha value is -1.17. The summed E-state index contributed by atoms with van der Waals surface area (Å²) in [5.41, 5.74) is 4.87. The van der Waals surface area contributed by atoms with Crippen LogP contribution in [0.25, 0.3) is 0 Å². The van der Waals surface area contributed by atoms with E-state index < -0.39 is 0 Å². The molecule has 0 heterocycles. The van der Waals surface area contributed by atoms with Crippen molar-refractivity contribution in [3.63, 3.8) is 0 Å². The van der Waals surface area contributed by atoms with Crippen LogP contribution in [-0.2, 0) is 4.74 Å². The minimum Gasteiger partial charge on any atom is -0.452 e. The maximum Gasteiger partial charge on any atom is 0.279 e. The highest BCUT2D eigenvalue weighted by Crippen LogP contribution is 1.70. The molecular weight excluding hydrogens is 116 g/mol. The molecule has 0 radical (unpaired) electrons. The van der Waals surface area contributed by atoms with Gasteiger partial charge >= 0.3 is 0 Å². The Morgan fingerprint density at radius 3 is 2.78 bits per heavy atom. The molecule has 0 aliphatic carbocycles. The lowest BCUT2D eigenvalue weighted by atomic mass is 10.5. The van der Waals surface area contributed by atoms with Crippen molar-refractivity contribution in [3.8, 4) is 11.8 Å². The summed E-state index contributed by atoms with van der Waals surface area (Å²) >= 11 is 0. The molecule has 3 nitrogen and oxygen atoms in total. The van der Waals surface area contributed by atoms with Gasteiger partial charge in [-0.25, -0.2) is 0 Å². The molecule has 0 rings (SSSR count). The van der Waals surface area contributed by atoms with E-state index in [0.29, 0.717) is 0 Å². The van der Waals surface area contributed by atoms with Crippen LogP contribution in [0.4, 0.5) is 0 Å². The topological polar surface area (TPSA) is 59.1 Å². The Kier molecular flexibility index (Phi) is 4.33. The summed E-state index contributed by atoms with van der Waals surface area (Å²) in [6.45, 7) is 2.17. The number of hydrogen-bond acceptors (Lipinski definition) is 2. The van der Waals surface area contributed by atoms with E-state index in [4.69, 9.17) is 11.1 Å². The minimum absolute atomic E-state index is 0.225. The van der Waals surface area contributed by atoms with Crippen LogP contribution in [0.2, 0.25) is 0 Å². The van der Waals surface area contributed by atoms with Crippen LogP contribution in [0, 0.1) is 17.3 Å². The van der Waals surface area contributed by atoms with Gasteiger partial charge in [0.15, 0.2) is 6.61 Å². The number of amidine groups is 1. The SMILES string of the molecule is CCC#CCOC(=N)N. The number of hydrogen-bond donors (Lipinski definition) is 2. The summed E-state index contributed by atoms with van der Waals surface area (Å²) in [6, 6.07) is -0.277. The quantitative estimate of drug-likeness (QED) is 0.302. The van der Waals surface area contributed by atoms with E-state index in [2.05, 4.69) is 16.6 Å². The third-order valence-corrected chi connectivity index (χ3v) is 0.602. The summed E-state index contributed by atoms with van der Waals surface area (Å²) in [7, 11) is 0. The van der Waals surface area contributed by atoms with Crippen LogP contribution in [0.3, 0.4) is 0 Å². The van der Waals surface area contributed by atoms with Crippen LogP contribution in [0.15, 0.2) is 0 Å². The lowest BCUT2D eigenvalue weighted by Gasteiger charge is -1.93. The van der Waals surface area contributed by atoms with Gasteiger partial charge in [0.05, 0.1) is 0 Å². The molecule has 0 atom stereocenters. The molecule has 50 valence electrons. The number of nitrogens with two attached hydrogens (primary N) is 1. The smallest absolute Gasteiger partial charge is 0.279 e. The van der Waals surface area contributed by atoms with Gasteiger partial charge in [0, 0.05) is 6.42 Å². The second-order valence-electron chi connectivity index (χ2n) is 1.36. The third kappa shape index (κ3) is 6.83. The van der Waals surface area contributed by atoms with E-state index >= 15 is 0 Å². The van der Waals surface area contributed by atoms with Gasteiger partial charge in [-0.05, 0) is 0 Å². The third-order valence-electron chi connectivity index (χ3n) is 0.602. The van der Waals surface area contributed by atoms with Crippen molar-refractivity contribution in [2.75, 3.05) is 6.61 Å². The lowest BCUT2D eigenvalue weighted by molar-refractivity contribution is 0.348. The van der Waals surface area contributed by atoms with E-state index in [9.17, 15) is 0 Å². The molecule has 0 saturated carbocycles. The molecule has 0 fully saturated rings. The van der Waals surface area contributed by atoms with Crippen molar-refractivity contribution < 1.29 is 4.74 Å². The van der Waals surface area contributed by atoms with Crippen molar-refractivity contribution in [1.29, 1.82) is 5.41 Å². The highest BCUT2D eigenvalue weighted by molar-refractivity contribution is 5.67. The van der Waals surface area contributed by atoms with Crippen molar-refractivity contribution in [1.82, 2.24) is 0 Å². The zero-order chi connectivity index (χ0) is 7.11. The summed E-state index contributed by atoms with van der Waals surface area (Å²) in [4.78, 5) is 0. The van der Waals surface area contributed by atoms with Crippen LogP contribution >= 0.6 is 0 Å². The average Bonchev–Trinajstić information content (AvgIpc) is 1.80. The normalized spacial score (nSPS) is 7.22. The van der Waals surface area contributed by atoms with Crippen molar-refractivity contribution >= 4 is 6.02 Å². The fourth-order valence-electron chi connectivity index (χ4n) is 0.290. The van der Waals surface area contributed by atoms with Crippen LogP contribution in [0.1, 0.15) is 13.3 Å². The maximum absolute atomic E-state index is 6.62. The first kappa shape index (κ1) is 7.83. The summed E-state index contributed by atoms with van der Waals surface area (Å²) in [5.74, 6) is 5.45. The Morgan fingerprint density at radius 2 is 2.33 bits per heavy atom. The van der Waals surface area contributed by atoms with E-state index in [-0.39, 0.29) is 12.6 Å². The molecule has 0 aromatic carbocycles. The Balaban J connectivity index is 3.19. The minimum atomic E-state index is -0.277. The first-order valence-corrected chi connectivity index (χ1v) is 2.70. The molecule has 3 N–H and O–H groups in total. The molecule has 0 aliphatic rings. The molecule has 0 amide bonds. The molecular formula is C6H10N2O. The summed E-state index contributed by atoms with van der Waals surface area (Å²) in [5, 5.41) is 6.62. The molecule has 9 heavy (non-hydrogen) atoms. The molecule has 0 aromatic rings. The Labute approximate surface area is 54.7 Å². The van der Waals surface area contributed by atoms with Gasteiger partial charge in [0.2, 0.25) is 0 Å². The summed E-state index contributed by atoms with van der Waals surface area (Å²) < 4.78 is 4.53. The van der Waals surface area contributed by atoms with E-state index in [1.165, 1.54) is 0 Å². The first-order chi connectivity index (χ1) is 4.27. The standard InChI is InChI=1S/C6H10N2O/c1-2-3-4-5-9-6(7)8/h2,5H2,1H3,(H3,7,8). The molecule has 0 bridgehead atoms. The lowest BCUT2D eigenvalue weighted by Crippen LogP contribution is -2.13. The largest absolute Gasteiger partial charge is 0.452 e. The number of ether oxygens (including phenoxy) is 1. The van der Waals surface area contributed by atoms with Crippen LogP contribution in [0.5, 0.6) is 0 Å². The van der Waals surface area contributed by atoms with Crippen LogP contribution < -0.4 is 5.73 Å². The van der Waals surface area contributed by atoms with E-state index in [0.717, 1.165) is 6.42 Å². The van der Waals surface area contributed by atoms with Gasteiger partial charge in [0.25, 0.3) is 6.02 Å².